The van der Waals surface area contributed by atoms with E-state index in [2.05, 4.69) is 5.32 Å². The van der Waals surface area contributed by atoms with E-state index in [4.69, 9.17) is 4.74 Å². The van der Waals surface area contributed by atoms with E-state index in [0.717, 1.165) is 17.0 Å². The number of rotatable bonds is 8. The Bertz CT molecular complexity index is 851. The van der Waals surface area contributed by atoms with Gasteiger partial charge in [0, 0.05) is 13.1 Å². The number of likely N-dealkylation sites (N-methyl/N-ethyl adjacent to an activating group) is 1. The molecule has 27 heavy (non-hydrogen) atoms. The fourth-order valence-electron chi connectivity index (χ4n) is 2.78. The van der Waals surface area contributed by atoms with Crippen molar-refractivity contribution in [2.45, 2.75) is 13.5 Å². The van der Waals surface area contributed by atoms with Crippen molar-refractivity contribution in [1.29, 1.82) is 0 Å². The lowest BCUT2D eigenvalue weighted by molar-refractivity contribution is -0.129. The molecule has 1 N–H and O–H groups in total. The predicted octanol–water partition coefficient (Wildman–Crippen LogP) is 4.94. The third kappa shape index (κ3) is 5.35. The summed E-state index contributed by atoms with van der Waals surface area (Å²) in [6.45, 7) is 3.49. The lowest BCUT2D eigenvalue weighted by atomic mass is 10.2. The highest BCUT2D eigenvalue weighted by molar-refractivity contribution is 5.81. The van der Waals surface area contributed by atoms with E-state index in [9.17, 15) is 4.79 Å². The second-order valence-electron chi connectivity index (χ2n) is 6.16. The van der Waals surface area contributed by atoms with E-state index in [0.29, 0.717) is 18.8 Å². The highest BCUT2D eigenvalue weighted by atomic mass is 16.5. The molecule has 3 aromatic carbocycles. The molecule has 0 unspecified atom stereocenters. The second-order valence-corrected chi connectivity index (χ2v) is 6.16. The molecule has 0 fully saturated rings. The van der Waals surface area contributed by atoms with Crippen molar-refractivity contribution in [2.75, 3.05) is 18.4 Å². The lowest BCUT2D eigenvalue weighted by Crippen LogP contribution is -2.35. The number of ether oxygens (including phenoxy) is 1. The van der Waals surface area contributed by atoms with Gasteiger partial charge in [-0.1, -0.05) is 60.7 Å². The smallest absolute Gasteiger partial charge is 0.242 e. The Morgan fingerprint density at radius 1 is 0.889 bits per heavy atom. The molecule has 0 bridgehead atoms. The number of amides is 1. The largest absolute Gasteiger partial charge is 0.455 e. The third-order valence-corrected chi connectivity index (χ3v) is 4.24. The summed E-state index contributed by atoms with van der Waals surface area (Å²) in [5, 5.41) is 3.22. The van der Waals surface area contributed by atoms with Gasteiger partial charge in [-0.3, -0.25) is 4.79 Å². The maximum Gasteiger partial charge on any atom is 0.242 e. The van der Waals surface area contributed by atoms with Crippen molar-refractivity contribution in [3.05, 3.63) is 90.5 Å². The molecular formula is C23H24N2O2. The Labute approximate surface area is 160 Å². The molecule has 0 aliphatic carbocycles. The van der Waals surface area contributed by atoms with Crippen LogP contribution in [0.5, 0.6) is 11.5 Å². The average molecular weight is 360 g/mol. The van der Waals surface area contributed by atoms with Crippen LogP contribution in [-0.4, -0.2) is 23.9 Å². The van der Waals surface area contributed by atoms with Gasteiger partial charge in [0.1, 0.15) is 5.75 Å². The molecule has 0 spiro atoms. The highest BCUT2D eigenvalue weighted by Crippen LogP contribution is 2.28. The van der Waals surface area contributed by atoms with Crippen LogP contribution in [0.3, 0.4) is 0 Å². The van der Waals surface area contributed by atoms with Gasteiger partial charge in [0.2, 0.25) is 5.91 Å². The first kappa shape index (κ1) is 18.5. The minimum Gasteiger partial charge on any atom is -0.455 e. The van der Waals surface area contributed by atoms with Crippen LogP contribution < -0.4 is 10.1 Å². The van der Waals surface area contributed by atoms with Crippen molar-refractivity contribution in [1.82, 2.24) is 4.90 Å². The first-order chi connectivity index (χ1) is 13.3. The van der Waals surface area contributed by atoms with Gasteiger partial charge < -0.3 is 15.0 Å². The van der Waals surface area contributed by atoms with Crippen molar-refractivity contribution in [3.8, 4) is 11.5 Å². The molecular weight excluding hydrogens is 336 g/mol. The number of benzene rings is 3. The predicted molar refractivity (Wildman–Crippen MR) is 109 cm³/mol. The van der Waals surface area contributed by atoms with Crippen molar-refractivity contribution >= 4 is 11.6 Å². The standard InChI is InChI=1S/C23H24N2O2/c1-2-25(18-19-11-5-3-6-12-19)23(26)17-24-21-15-9-10-16-22(21)27-20-13-7-4-8-14-20/h3-16,24H,2,17-18H2,1H3. The van der Waals surface area contributed by atoms with E-state index >= 15 is 0 Å². The minimum absolute atomic E-state index is 0.0517. The Morgan fingerprint density at radius 2 is 1.52 bits per heavy atom. The van der Waals surface area contributed by atoms with Gasteiger partial charge in [0.05, 0.1) is 12.2 Å². The monoisotopic (exact) mass is 360 g/mol. The van der Waals surface area contributed by atoms with E-state index in [1.807, 2.05) is 96.8 Å². The summed E-state index contributed by atoms with van der Waals surface area (Å²) < 4.78 is 5.94. The van der Waals surface area contributed by atoms with Gasteiger partial charge in [-0.05, 0) is 36.8 Å². The molecule has 0 saturated heterocycles. The first-order valence-electron chi connectivity index (χ1n) is 9.13. The number of nitrogens with zero attached hydrogens (tertiary/aromatic N) is 1. The Hall–Kier alpha value is -3.27. The topological polar surface area (TPSA) is 41.6 Å². The summed E-state index contributed by atoms with van der Waals surface area (Å²) in [5.41, 5.74) is 1.92. The fourth-order valence-corrected chi connectivity index (χ4v) is 2.78. The molecule has 1 amide bonds. The van der Waals surface area contributed by atoms with Gasteiger partial charge in [0.25, 0.3) is 0 Å². The SMILES string of the molecule is CCN(Cc1ccccc1)C(=O)CNc1ccccc1Oc1ccccc1. The van der Waals surface area contributed by atoms with Crippen molar-refractivity contribution in [3.63, 3.8) is 0 Å². The van der Waals surface area contributed by atoms with Gasteiger partial charge in [-0.15, -0.1) is 0 Å². The Balaban J connectivity index is 1.63. The van der Waals surface area contributed by atoms with E-state index in [1.165, 1.54) is 0 Å². The van der Waals surface area contributed by atoms with Crippen LogP contribution in [0, 0.1) is 0 Å². The highest BCUT2D eigenvalue weighted by Gasteiger charge is 2.13. The summed E-state index contributed by atoms with van der Waals surface area (Å²) in [4.78, 5) is 14.5. The zero-order valence-electron chi connectivity index (χ0n) is 15.5. The van der Waals surface area contributed by atoms with Gasteiger partial charge >= 0.3 is 0 Å². The fraction of sp³-hybridized carbons (Fsp3) is 0.174. The molecule has 0 heterocycles. The number of carbonyl (C=O) groups is 1. The quantitative estimate of drug-likeness (QED) is 0.619. The summed E-state index contributed by atoms with van der Waals surface area (Å²) in [5.74, 6) is 1.51. The molecule has 0 atom stereocenters. The molecule has 4 nitrogen and oxygen atoms in total. The van der Waals surface area contributed by atoms with Crippen molar-refractivity contribution in [2.24, 2.45) is 0 Å². The van der Waals surface area contributed by atoms with Crippen molar-refractivity contribution < 1.29 is 9.53 Å². The van der Waals surface area contributed by atoms with Crippen LogP contribution >= 0.6 is 0 Å². The number of nitrogens with one attached hydrogen (secondary N) is 1. The molecule has 0 aliphatic heterocycles. The molecule has 138 valence electrons. The maximum atomic E-state index is 12.6. The first-order valence-corrected chi connectivity index (χ1v) is 9.13. The Kier molecular flexibility index (Phi) is 6.47. The van der Waals surface area contributed by atoms with Crippen LogP contribution in [0.1, 0.15) is 12.5 Å². The molecule has 0 saturated carbocycles. The molecule has 3 rings (SSSR count). The number of hydrogen-bond acceptors (Lipinski definition) is 3. The normalized spacial score (nSPS) is 10.3. The van der Waals surface area contributed by atoms with Crippen LogP contribution in [-0.2, 0) is 11.3 Å². The van der Waals surface area contributed by atoms with Crippen LogP contribution in [0.2, 0.25) is 0 Å². The number of para-hydroxylation sites is 3. The minimum atomic E-state index is 0.0517. The Morgan fingerprint density at radius 3 is 2.22 bits per heavy atom. The van der Waals surface area contributed by atoms with Crippen LogP contribution in [0.4, 0.5) is 5.69 Å². The molecule has 0 aliphatic rings. The number of hydrogen-bond donors (Lipinski definition) is 1. The molecule has 0 aromatic heterocycles. The number of carbonyl (C=O) groups excluding carboxylic acids is 1. The molecule has 0 radical (unpaired) electrons. The summed E-state index contributed by atoms with van der Waals surface area (Å²) in [6, 6.07) is 27.3. The van der Waals surface area contributed by atoms with E-state index < -0.39 is 0 Å². The van der Waals surface area contributed by atoms with Gasteiger partial charge in [-0.2, -0.15) is 0 Å². The average Bonchev–Trinajstić information content (AvgIpc) is 2.72. The van der Waals surface area contributed by atoms with Gasteiger partial charge in [0.15, 0.2) is 5.75 Å². The molecule has 4 heteroatoms. The zero-order valence-corrected chi connectivity index (χ0v) is 15.5. The number of anilines is 1. The zero-order chi connectivity index (χ0) is 18.9. The summed E-state index contributed by atoms with van der Waals surface area (Å²) in [6.07, 6.45) is 0. The molecule has 3 aromatic rings. The second kappa shape index (κ2) is 9.43. The summed E-state index contributed by atoms with van der Waals surface area (Å²) >= 11 is 0. The van der Waals surface area contributed by atoms with E-state index in [-0.39, 0.29) is 12.5 Å². The maximum absolute atomic E-state index is 12.6. The van der Waals surface area contributed by atoms with Crippen LogP contribution in [0.15, 0.2) is 84.9 Å². The lowest BCUT2D eigenvalue weighted by Gasteiger charge is -2.22. The van der Waals surface area contributed by atoms with E-state index in [1.54, 1.807) is 0 Å². The summed E-state index contributed by atoms with van der Waals surface area (Å²) in [7, 11) is 0. The van der Waals surface area contributed by atoms with Gasteiger partial charge in [-0.25, -0.2) is 0 Å². The third-order valence-electron chi connectivity index (χ3n) is 4.24. The van der Waals surface area contributed by atoms with Crippen LogP contribution in [0.25, 0.3) is 0 Å².